The number of ether oxygens (including phenoxy) is 2. The van der Waals surface area contributed by atoms with Gasteiger partial charge >= 0.3 is 0 Å². The molecule has 11 heteroatoms. The summed E-state index contributed by atoms with van der Waals surface area (Å²) < 4.78 is 17.4. The molecule has 4 aromatic rings. The van der Waals surface area contributed by atoms with Gasteiger partial charge in [0.1, 0.15) is 12.1 Å². The lowest BCUT2D eigenvalue weighted by molar-refractivity contribution is 0.0339. The summed E-state index contributed by atoms with van der Waals surface area (Å²) in [7, 11) is 1.58. The maximum absolute atomic E-state index is 6.16. The summed E-state index contributed by atoms with van der Waals surface area (Å²) in [6.45, 7) is 7.79. The molecule has 38 heavy (non-hydrogen) atoms. The number of likely N-dealkylation sites (tertiary alicyclic amines) is 1. The van der Waals surface area contributed by atoms with E-state index in [1.54, 1.807) is 25.3 Å². The van der Waals surface area contributed by atoms with Crippen LogP contribution in [0.15, 0.2) is 41.2 Å². The number of nitrogens with zero attached hydrogens (tertiary/aromatic N) is 5. The van der Waals surface area contributed by atoms with Gasteiger partial charge in [0.05, 0.1) is 28.7 Å². The number of aromatic nitrogens is 4. The molecule has 5 rings (SSSR count). The number of halogens is 2. The molecule has 1 unspecified atom stereocenters. The normalized spacial score (nSPS) is 16.5. The zero-order valence-electron chi connectivity index (χ0n) is 21.8. The number of fused-ring (bicyclic) bond motifs is 1. The van der Waals surface area contributed by atoms with Crippen molar-refractivity contribution < 1.29 is 14.0 Å². The van der Waals surface area contributed by atoms with Gasteiger partial charge in [0.15, 0.2) is 18.1 Å². The maximum atomic E-state index is 6.16. The maximum Gasteiger partial charge on any atom is 0.244 e. The zero-order valence-corrected chi connectivity index (χ0v) is 23.3. The van der Waals surface area contributed by atoms with E-state index in [2.05, 4.69) is 51.1 Å². The van der Waals surface area contributed by atoms with E-state index in [0.717, 1.165) is 30.5 Å². The molecule has 1 aliphatic rings. The van der Waals surface area contributed by atoms with Gasteiger partial charge in [-0.2, -0.15) is 4.98 Å². The molecule has 2 aromatic heterocycles. The van der Waals surface area contributed by atoms with Crippen molar-refractivity contribution in [3.05, 3.63) is 58.4 Å². The van der Waals surface area contributed by atoms with Crippen molar-refractivity contribution in [1.29, 1.82) is 0 Å². The molecule has 1 aliphatic heterocycles. The van der Waals surface area contributed by atoms with Gasteiger partial charge in [-0.1, -0.05) is 34.8 Å². The van der Waals surface area contributed by atoms with Gasteiger partial charge in [-0.25, -0.2) is 9.97 Å². The predicted octanol–water partition coefficient (Wildman–Crippen LogP) is 6.98. The van der Waals surface area contributed by atoms with E-state index >= 15 is 0 Å². The first-order valence-electron chi connectivity index (χ1n) is 12.5. The highest BCUT2D eigenvalue weighted by atomic mass is 35.5. The Labute approximate surface area is 231 Å². The molecule has 1 saturated heterocycles. The second-order valence-corrected chi connectivity index (χ2v) is 11.0. The lowest BCUT2D eigenvalue weighted by atomic mass is 9.94. The molecule has 0 radical (unpaired) electrons. The number of rotatable bonds is 7. The molecule has 9 nitrogen and oxygen atoms in total. The highest BCUT2D eigenvalue weighted by molar-refractivity contribution is 6.42. The van der Waals surface area contributed by atoms with Crippen LogP contribution in [0.2, 0.25) is 10.0 Å². The minimum absolute atomic E-state index is 0.0179. The first kappa shape index (κ1) is 26.5. The summed E-state index contributed by atoms with van der Waals surface area (Å²) in [5.74, 6) is 2.75. The summed E-state index contributed by atoms with van der Waals surface area (Å²) in [6.07, 6.45) is 4.79. The summed E-state index contributed by atoms with van der Waals surface area (Å²) >= 11 is 12.2. The van der Waals surface area contributed by atoms with Crippen LogP contribution in [-0.2, 0) is 6.61 Å². The van der Waals surface area contributed by atoms with E-state index < -0.39 is 0 Å². The van der Waals surface area contributed by atoms with Crippen molar-refractivity contribution in [2.45, 2.75) is 58.2 Å². The highest BCUT2D eigenvalue weighted by Crippen LogP contribution is 2.37. The zero-order chi connectivity index (χ0) is 26.9. The van der Waals surface area contributed by atoms with E-state index in [1.807, 2.05) is 12.1 Å². The smallest absolute Gasteiger partial charge is 0.244 e. The molecule has 3 heterocycles. The van der Waals surface area contributed by atoms with E-state index in [1.165, 1.54) is 12.7 Å². The van der Waals surface area contributed by atoms with Crippen LogP contribution < -0.4 is 14.8 Å². The van der Waals surface area contributed by atoms with Crippen LogP contribution in [0.1, 0.15) is 57.8 Å². The lowest BCUT2D eigenvalue weighted by Gasteiger charge is -2.42. The topological polar surface area (TPSA) is 98.4 Å². The van der Waals surface area contributed by atoms with Crippen LogP contribution in [0.5, 0.6) is 11.5 Å². The van der Waals surface area contributed by atoms with Gasteiger partial charge < -0.3 is 19.3 Å². The Balaban J connectivity index is 1.35. The van der Waals surface area contributed by atoms with Crippen LogP contribution in [0, 0.1) is 0 Å². The summed E-state index contributed by atoms with van der Waals surface area (Å²) in [4.78, 5) is 15.9. The number of hydrogen-bond donors (Lipinski definition) is 1. The molecule has 1 N–H and O–H groups in total. The molecule has 1 atom stereocenters. The first-order valence-corrected chi connectivity index (χ1v) is 13.3. The van der Waals surface area contributed by atoms with Crippen LogP contribution in [0.4, 0.5) is 11.5 Å². The molecule has 0 aliphatic carbocycles. The second kappa shape index (κ2) is 10.9. The van der Waals surface area contributed by atoms with Gasteiger partial charge in [-0.05, 0) is 64.4 Å². The largest absolute Gasteiger partial charge is 0.493 e. The number of benzene rings is 2. The second-order valence-electron chi connectivity index (χ2n) is 10.2. The minimum Gasteiger partial charge on any atom is -0.493 e. The van der Waals surface area contributed by atoms with Crippen LogP contribution >= 0.6 is 23.2 Å². The Kier molecular flexibility index (Phi) is 7.61. The summed E-state index contributed by atoms with van der Waals surface area (Å²) in [6, 6.07) is 9.03. The van der Waals surface area contributed by atoms with Crippen molar-refractivity contribution in [1.82, 2.24) is 25.0 Å². The Morgan fingerprint density at radius 1 is 1.08 bits per heavy atom. The molecular formula is C27H30Cl2N6O3. The summed E-state index contributed by atoms with van der Waals surface area (Å²) in [5.41, 5.74) is 1.44. The van der Waals surface area contributed by atoms with Crippen molar-refractivity contribution >= 4 is 45.6 Å². The van der Waals surface area contributed by atoms with Gasteiger partial charge in [0, 0.05) is 22.7 Å². The average Bonchev–Trinajstić information content (AvgIpc) is 3.38. The molecule has 0 bridgehead atoms. The third kappa shape index (κ3) is 5.65. The van der Waals surface area contributed by atoms with E-state index in [4.69, 9.17) is 37.2 Å². The molecule has 200 valence electrons. The molecule has 2 aromatic carbocycles. The van der Waals surface area contributed by atoms with Crippen molar-refractivity contribution in [3.63, 3.8) is 0 Å². The number of anilines is 2. The third-order valence-corrected chi connectivity index (χ3v) is 7.33. The Morgan fingerprint density at radius 2 is 1.92 bits per heavy atom. The van der Waals surface area contributed by atoms with E-state index in [0.29, 0.717) is 44.6 Å². The number of methoxy groups -OCH3 is 1. The molecular weight excluding hydrogens is 527 g/mol. The van der Waals surface area contributed by atoms with E-state index in [-0.39, 0.29) is 18.2 Å². The van der Waals surface area contributed by atoms with Crippen molar-refractivity contribution in [2.75, 3.05) is 19.0 Å². The van der Waals surface area contributed by atoms with E-state index in [9.17, 15) is 0 Å². The monoisotopic (exact) mass is 556 g/mol. The SMILES string of the molecule is COc1cc2c(Nc3ccc(Cl)c(Cl)c3)ncnc2cc1OCc1noc(C2CCCCN2C(C)(C)C)n1. The van der Waals surface area contributed by atoms with Gasteiger partial charge in [0.25, 0.3) is 0 Å². The molecule has 0 amide bonds. The summed E-state index contributed by atoms with van der Waals surface area (Å²) in [5, 5.41) is 9.12. The molecule has 0 saturated carbocycles. The fourth-order valence-electron chi connectivity index (χ4n) is 4.74. The fourth-order valence-corrected chi connectivity index (χ4v) is 5.04. The number of piperidine rings is 1. The number of hydrogen-bond acceptors (Lipinski definition) is 9. The van der Waals surface area contributed by atoms with Crippen LogP contribution in [0.25, 0.3) is 10.9 Å². The van der Waals surface area contributed by atoms with Gasteiger partial charge in [-0.3, -0.25) is 4.90 Å². The average molecular weight is 557 g/mol. The standard InChI is InChI=1S/C27H30Cl2N6O3/c1-27(2,3)35-10-6-5-7-21(35)26-33-24(34-38-26)14-37-23-13-20-17(12-22(23)36-4)25(31-15-30-20)32-16-8-9-18(28)19(29)11-16/h8-9,11-13,15,21H,5-7,10,14H2,1-4H3,(H,30,31,32). The highest BCUT2D eigenvalue weighted by Gasteiger charge is 2.35. The quantitative estimate of drug-likeness (QED) is 0.258. The molecule has 1 fully saturated rings. The third-order valence-electron chi connectivity index (χ3n) is 6.59. The van der Waals surface area contributed by atoms with Crippen molar-refractivity contribution in [2.24, 2.45) is 0 Å². The Bertz CT molecular complexity index is 1440. The van der Waals surface area contributed by atoms with Gasteiger partial charge in [-0.15, -0.1) is 0 Å². The van der Waals surface area contributed by atoms with Crippen LogP contribution in [0.3, 0.4) is 0 Å². The predicted molar refractivity (Wildman–Crippen MR) is 148 cm³/mol. The van der Waals surface area contributed by atoms with Gasteiger partial charge in [0.2, 0.25) is 11.7 Å². The molecule has 0 spiro atoms. The Morgan fingerprint density at radius 3 is 2.68 bits per heavy atom. The lowest BCUT2D eigenvalue weighted by Crippen LogP contribution is -2.46. The first-order chi connectivity index (χ1) is 18.2. The minimum atomic E-state index is 0.0179. The van der Waals surface area contributed by atoms with Crippen molar-refractivity contribution in [3.8, 4) is 11.5 Å². The fraction of sp³-hybridized carbons (Fsp3) is 0.407. The number of nitrogens with one attached hydrogen (secondary N) is 1. The Hall–Kier alpha value is -3.14. The van der Waals surface area contributed by atoms with Crippen LogP contribution in [-0.4, -0.2) is 44.2 Å².